The van der Waals surface area contributed by atoms with Crippen molar-refractivity contribution in [3.8, 4) is 5.75 Å². The molecule has 1 heterocycles. The van der Waals surface area contributed by atoms with E-state index >= 15 is 0 Å². The number of benzene rings is 2. The van der Waals surface area contributed by atoms with Gasteiger partial charge in [0.2, 0.25) is 11.8 Å². The Hall–Kier alpha value is -2.90. The summed E-state index contributed by atoms with van der Waals surface area (Å²) in [4.78, 5) is 23.8. The van der Waals surface area contributed by atoms with Crippen molar-refractivity contribution in [1.82, 2.24) is 10.6 Å². The molecule has 0 radical (unpaired) electrons. The molecule has 2 aromatic rings. The molecule has 0 bridgehead atoms. The highest BCUT2D eigenvalue weighted by molar-refractivity contribution is 5.95. The van der Waals surface area contributed by atoms with Crippen molar-refractivity contribution in [3.05, 3.63) is 60.2 Å². The summed E-state index contributed by atoms with van der Waals surface area (Å²) in [5.74, 6) is 0.329. The van der Waals surface area contributed by atoms with Crippen molar-refractivity contribution < 1.29 is 14.3 Å². The fraction of sp³-hybridized carbons (Fsp3) is 0.300. The molecule has 0 aliphatic carbocycles. The number of hydrogen-bond acceptors (Lipinski definition) is 5. The van der Waals surface area contributed by atoms with Gasteiger partial charge in [0.05, 0.1) is 12.6 Å². The van der Waals surface area contributed by atoms with E-state index in [2.05, 4.69) is 16.0 Å². The topological polar surface area (TPSA) is 105 Å². The zero-order chi connectivity index (χ0) is 19.1. The van der Waals surface area contributed by atoms with E-state index in [4.69, 9.17) is 10.5 Å². The minimum atomic E-state index is -0.359. The fourth-order valence-electron chi connectivity index (χ4n) is 2.97. The summed E-state index contributed by atoms with van der Waals surface area (Å²) >= 11 is 0. The van der Waals surface area contributed by atoms with Crippen LogP contribution >= 0.6 is 0 Å². The predicted molar refractivity (Wildman–Crippen MR) is 103 cm³/mol. The van der Waals surface area contributed by atoms with Gasteiger partial charge < -0.3 is 26.4 Å². The van der Waals surface area contributed by atoms with Crippen molar-refractivity contribution in [2.75, 3.05) is 18.4 Å². The van der Waals surface area contributed by atoms with Gasteiger partial charge in [-0.05, 0) is 24.1 Å². The Balaban J connectivity index is 1.52. The molecule has 1 saturated heterocycles. The molecule has 27 heavy (non-hydrogen) atoms. The summed E-state index contributed by atoms with van der Waals surface area (Å²) in [6.07, 6.45) is 0.530. The number of carbonyl (C=O) groups is 2. The second kappa shape index (κ2) is 9.16. The molecule has 0 spiro atoms. The molecule has 5 N–H and O–H groups in total. The van der Waals surface area contributed by atoms with E-state index in [0.29, 0.717) is 31.0 Å². The zero-order valence-corrected chi connectivity index (χ0v) is 15.0. The lowest BCUT2D eigenvalue weighted by Crippen LogP contribution is -2.39. The van der Waals surface area contributed by atoms with Gasteiger partial charge in [0.25, 0.3) is 0 Å². The molecule has 3 rings (SSSR count). The third-order valence-electron chi connectivity index (χ3n) is 4.35. The van der Waals surface area contributed by atoms with E-state index < -0.39 is 0 Å². The Bertz CT molecular complexity index is 782. The van der Waals surface area contributed by atoms with Crippen LogP contribution in [0.15, 0.2) is 54.6 Å². The average molecular weight is 368 g/mol. The minimum Gasteiger partial charge on any atom is -0.489 e. The van der Waals surface area contributed by atoms with E-state index in [0.717, 1.165) is 5.56 Å². The first-order valence-corrected chi connectivity index (χ1v) is 8.94. The van der Waals surface area contributed by atoms with Gasteiger partial charge in [0, 0.05) is 24.3 Å². The Morgan fingerprint density at radius 1 is 1.15 bits per heavy atom. The van der Waals surface area contributed by atoms with Crippen LogP contribution in [0.2, 0.25) is 0 Å². The Kier molecular flexibility index (Phi) is 6.40. The zero-order valence-electron chi connectivity index (χ0n) is 15.0. The van der Waals surface area contributed by atoms with Crippen molar-refractivity contribution in [1.29, 1.82) is 0 Å². The summed E-state index contributed by atoms with van der Waals surface area (Å²) in [7, 11) is 0. The fourth-order valence-corrected chi connectivity index (χ4v) is 2.97. The Morgan fingerprint density at radius 2 is 1.96 bits per heavy atom. The van der Waals surface area contributed by atoms with Crippen LogP contribution in [0.25, 0.3) is 0 Å². The van der Waals surface area contributed by atoms with Gasteiger partial charge in [0.1, 0.15) is 12.4 Å². The van der Waals surface area contributed by atoms with Crippen molar-refractivity contribution in [2.45, 2.75) is 25.1 Å². The number of nitrogens with two attached hydrogens (primary N) is 1. The van der Waals surface area contributed by atoms with Crippen LogP contribution in [0.5, 0.6) is 5.75 Å². The standard InChI is InChI=1S/C20H24N4O3/c21-11-19(25)23-16-10-18(22-12-16)20(26)24-15-7-4-8-17(9-15)27-13-14-5-2-1-3-6-14/h1-9,16,18,22H,10-13,21H2,(H,23,25)(H,24,26)/t16?,18-/m0/s1. The number of anilines is 1. The number of amides is 2. The van der Waals surface area contributed by atoms with Crippen molar-refractivity contribution >= 4 is 17.5 Å². The van der Waals surface area contributed by atoms with Crippen LogP contribution in [-0.4, -0.2) is 37.0 Å². The number of nitrogens with one attached hydrogen (secondary N) is 3. The highest BCUT2D eigenvalue weighted by atomic mass is 16.5. The maximum atomic E-state index is 12.5. The maximum Gasteiger partial charge on any atom is 0.241 e. The molecular weight excluding hydrogens is 344 g/mol. The normalized spacial score (nSPS) is 18.7. The van der Waals surface area contributed by atoms with Gasteiger partial charge in [0.15, 0.2) is 0 Å². The molecular formula is C20H24N4O3. The summed E-state index contributed by atoms with van der Waals surface area (Å²) in [5, 5.41) is 8.80. The summed E-state index contributed by atoms with van der Waals surface area (Å²) < 4.78 is 5.79. The van der Waals surface area contributed by atoms with Crippen LogP contribution in [0.1, 0.15) is 12.0 Å². The highest BCUT2D eigenvalue weighted by Crippen LogP contribution is 2.19. The molecule has 7 nitrogen and oxygen atoms in total. The number of carbonyl (C=O) groups excluding carboxylic acids is 2. The van der Waals surface area contributed by atoms with Crippen LogP contribution in [0, 0.1) is 0 Å². The predicted octanol–water partition coefficient (Wildman–Crippen LogP) is 1.01. The van der Waals surface area contributed by atoms with E-state index in [1.54, 1.807) is 6.07 Å². The molecule has 1 aliphatic heterocycles. The number of ether oxygens (including phenoxy) is 1. The van der Waals surface area contributed by atoms with Gasteiger partial charge in [-0.25, -0.2) is 0 Å². The quantitative estimate of drug-likeness (QED) is 0.584. The van der Waals surface area contributed by atoms with E-state index in [1.165, 1.54) is 0 Å². The van der Waals surface area contributed by atoms with Crippen LogP contribution < -0.4 is 26.4 Å². The van der Waals surface area contributed by atoms with Crippen molar-refractivity contribution in [2.24, 2.45) is 5.73 Å². The third-order valence-corrected chi connectivity index (χ3v) is 4.35. The average Bonchev–Trinajstić information content (AvgIpc) is 3.16. The van der Waals surface area contributed by atoms with E-state index in [-0.39, 0.29) is 30.4 Å². The maximum absolute atomic E-state index is 12.5. The highest BCUT2D eigenvalue weighted by Gasteiger charge is 2.30. The van der Waals surface area contributed by atoms with Crippen LogP contribution in [-0.2, 0) is 16.2 Å². The lowest BCUT2D eigenvalue weighted by Gasteiger charge is -2.13. The third kappa shape index (κ3) is 5.54. The number of hydrogen-bond donors (Lipinski definition) is 4. The van der Waals surface area contributed by atoms with Crippen LogP contribution in [0.4, 0.5) is 5.69 Å². The van der Waals surface area contributed by atoms with Gasteiger partial charge in [-0.2, -0.15) is 0 Å². The lowest BCUT2D eigenvalue weighted by atomic mass is 10.1. The van der Waals surface area contributed by atoms with Gasteiger partial charge >= 0.3 is 0 Å². The largest absolute Gasteiger partial charge is 0.489 e. The van der Waals surface area contributed by atoms with Crippen LogP contribution in [0.3, 0.4) is 0 Å². The Labute approximate surface area is 158 Å². The van der Waals surface area contributed by atoms with Gasteiger partial charge in [-0.3, -0.25) is 9.59 Å². The smallest absolute Gasteiger partial charge is 0.241 e. The summed E-state index contributed by atoms with van der Waals surface area (Å²) in [6.45, 7) is 0.956. The van der Waals surface area contributed by atoms with Gasteiger partial charge in [-0.15, -0.1) is 0 Å². The van der Waals surface area contributed by atoms with Crippen molar-refractivity contribution in [3.63, 3.8) is 0 Å². The molecule has 1 unspecified atom stereocenters. The second-order valence-corrected chi connectivity index (χ2v) is 6.46. The monoisotopic (exact) mass is 368 g/mol. The molecule has 0 saturated carbocycles. The molecule has 2 aromatic carbocycles. The molecule has 142 valence electrons. The minimum absolute atomic E-state index is 0.0524. The molecule has 7 heteroatoms. The first kappa shape index (κ1) is 18.9. The molecule has 1 aliphatic rings. The first-order valence-electron chi connectivity index (χ1n) is 8.94. The van der Waals surface area contributed by atoms with Gasteiger partial charge in [-0.1, -0.05) is 36.4 Å². The molecule has 2 atom stereocenters. The lowest BCUT2D eigenvalue weighted by molar-refractivity contribution is -0.121. The molecule has 0 aromatic heterocycles. The van der Waals surface area contributed by atoms with E-state index in [1.807, 2.05) is 48.5 Å². The number of rotatable bonds is 7. The second-order valence-electron chi connectivity index (χ2n) is 6.46. The first-order chi connectivity index (χ1) is 13.1. The summed E-state index contributed by atoms with van der Waals surface area (Å²) in [6, 6.07) is 16.7. The summed E-state index contributed by atoms with van der Waals surface area (Å²) in [5.41, 5.74) is 7.04. The molecule has 1 fully saturated rings. The molecule has 2 amide bonds. The SMILES string of the molecule is NCC(=O)NC1CN[C@H](C(=O)Nc2cccc(OCc3ccccc3)c2)C1. The van der Waals surface area contributed by atoms with E-state index in [9.17, 15) is 9.59 Å². The Morgan fingerprint density at radius 3 is 2.74 bits per heavy atom.